The number of carbonyl (C=O) groups is 1. The molecule has 12 heavy (non-hydrogen) atoms. The number of hydrogen-bond donors (Lipinski definition) is 0. The molecule has 0 atom stereocenters. The number of rotatable bonds is 2. The van der Waals surface area contributed by atoms with Crippen LogP contribution in [0.4, 0.5) is 0 Å². The van der Waals surface area contributed by atoms with Gasteiger partial charge in [0, 0.05) is 6.42 Å². The van der Waals surface area contributed by atoms with Crippen LogP contribution in [0.15, 0.2) is 11.6 Å². The van der Waals surface area contributed by atoms with E-state index in [9.17, 15) is 4.79 Å². The minimum atomic E-state index is 0.298. The first-order valence-corrected chi connectivity index (χ1v) is 5.05. The average Bonchev–Trinajstić information content (AvgIpc) is 2.33. The third-order valence-corrected chi connectivity index (χ3v) is 2.46. The van der Waals surface area contributed by atoms with Crippen molar-refractivity contribution < 1.29 is 4.79 Å². The molecule has 0 amide bonds. The summed E-state index contributed by atoms with van der Waals surface area (Å²) in [6, 6.07) is 0. The van der Waals surface area contributed by atoms with Crippen LogP contribution in [0.5, 0.6) is 0 Å². The molecule has 1 saturated carbocycles. The molecule has 0 N–H and O–H groups in total. The van der Waals surface area contributed by atoms with Crippen LogP contribution >= 0.6 is 0 Å². The maximum absolute atomic E-state index is 11.1. The number of ketones is 1. The van der Waals surface area contributed by atoms with Crippen LogP contribution in [0.1, 0.15) is 51.9 Å². The fraction of sp³-hybridized carbons (Fsp3) is 0.727. The van der Waals surface area contributed by atoms with Crippen LogP contribution in [0.2, 0.25) is 0 Å². The summed E-state index contributed by atoms with van der Waals surface area (Å²) in [5.41, 5.74) is 1.39. The summed E-state index contributed by atoms with van der Waals surface area (Å²) in [6.45, 7) is 1.93. The monoisotopic (exact) mass is 166 g/mol. The van der Waals surface area contributed by atoms with Crippen molar-refractivity contribution in [2.24, 2.45) is 0 Å². The van der Waals surface area contributed by atoms with E-state index in [0.717, 1.165) is 12.8 Å². The molecular formula is C11H18O. The molecule has 0 heterocycles. The molecule has 0 unspecified atom stereocenters. The fourth-order valence-corrected chi connectivity index (χ4v) is 1.66. The topological polar surface area (TPSA) is 17.1 Å². The molecule has 1 rings (SSSR count). The minimum Gasteiger partial charge on any atom is -0.295 e. The molecule has 0 aliphatic heterocycles. The highest BCUT2D eigenvalue weighted by Crippen LogP contribution is 2.21. The van der Waals surface area contributed by atoms with Crippen molar-refractivity contribution in [2.75, 3.05) is 0 Å². The Kier molecular flexibility index (Phi) is 4.06. The number of hydrogen-bond acceptors (Lipinski definition) is 1. The van der Waals surface area contributed by atoms with Crippen LogP contribution in [0, 0.1) is 0 Å². The normalized spacial score (nSPS) is 18.6. The van der Waals surface area contributed by atoms with Gasteiger partial charge in [0.05, 0.1) is 0 Å². The molecule has 1 fully saturated rings. The van der Waals surface area contributed by atoms with E-state index in [4.69, 9.17) is 0 Å². The molecule has 1 nitrogen and oxygen atoms in total. The van der Waals surface area contributed by atoms with Gasteiger partial charge in [0.15, 0.2) is 5.78 Å². The molecule has 0 aromatic heterocycles. The summed E-state index contributed by atoms with van der Waals surface area (Å²) in [6.07, 6.45) is 10.1. The van der Waals surface area contributed by atoms with Crippen molar-refractivity contribution in [3.63, 3.8) is 0 Å². The van der Waals surface area contributed by atoms with Gasteiger partial charge >= 0.3 is 0 Å². The molecule has 1 aliphatic rings. The molecule has 68 valence electrons. The number of allylic oxidation sites excluding steroid dienone is 2. The molecule has 0 saturated heterocycles. The Balaban J connectivity index is 2.47. The molecule has 0 bridgehead atoms. The Labute approximate surface area is 74.9 Å². The van der Waals surface area contributed by atoms with Crippen molar-refractivity contribution in [1.82, 2.24) is 0 Å². The second-order valence-electron chi connectivity index (χ2n) is 3.54. The Morgan fingerprint density at radius 3 is 2.33 bits per heavy atom. The summed E-state index contributed by atoms with van der Waals surface area (Å²) in [7, 11) is 0. The van der Waals surface area contributed by atoms with Gasteiger partial charge < -0.3 is 0 Å². The standard InChI is InChI=1S/C11H18O/c1-2-11(12)9-10-7-5-3-4-6-8-10/h9H,2-8H2,1H3. The van der Waals surface area contributed by atoms with Gasteiger partial charge in [0.25, 0.3) is 0 Å². The first-order chi connectivity index (χ1) is 5.83. The van der Waals surface area contributed by atoms with Crippen LogP contribution < -0.4 is 0 Å². The van der Waals surface area contributed by atoms with Crippen molar-refractivity contribution >= 4 is 5.78 Å². The second kappa shape index (κ2) is 5.13. The fourth-order valence-electron chi connectivity index (χ4n) is 1.66. The average molecular weight is 166 g/mol. The summed E-state index contributed by atoms with van der Waals surface area (Å²) < 4.78 is 0. The molecule has 1 aliphatic carbocycles. The lowest BCUT2D eigenvalue weighted by Gasteiger charge is -2.00. The van der Waals surface area contributed by atoms with Crippen LogP contribution in [0.25, 0.3) is 0 Å². The van der Waals surface area contributed by atoms with E-state index in [2.05, 4.69) is 0 Å². The van der Waals surface area contributed by atoms with Crippen LogP contribution in [-0.2, 0) is 4.79 Å². The second-order valence-corrected chi connectivity index (χ2v) is 3.54. The SMILES string of the molecule is CCC(=O)C=C1CCCCCC1. The predicted octanol–water partition coefficient (Wildman–Crippen LogP) is 3.25. The Morgan fingerprint density at radius 2 is 1.83 bits per heavy atom. The third-order valence-electron chi connectivity index (χ3n) is 2.46. The molecular weight excluding hydrogens is 148 g/mol. The van der Waals surface area contributed by atoms with Gasteiger partial charge in [-0.1, -0.05) is 25.3 Å². The van der Waals surface area contributed by atoms with Gasteiger partial charge in [0.1, 0.15) is 0 Å². The maximum atomic E-state index is 11.1. The number of carbonyl (C=O) groups excluding carboxylic acids is 1. The van der Waals surface area contributed by atoms with E-state index in [1.807, 2.05) is 13.0 Å². The lowest BCUT2D eigenvalue weighted by Crippen LogP contribution is -1.92. The summed E-state index contributed by atoms with van der Waals surface area (Å²) in [5.74, 6) is 0.298. The molecule has 0 radical (unpaired) electrons. The smallest absolute Gasteiger partial charge is 0.155 e. The zero-order valence-corrected chi connectivity index (χ0v) is 7.94. The Morgan fingerprint density at radius 1 is 1.25 bits per heavy atom. The van der Waals surface area contributed by atoms with E-state index in [-0.39, 0.29) is 0 Å². The lowest BCUT2D eigenvalue weighted by molar-refractivity contribution is -0.114. The zero-order valence-electron chi connectivity index (χ0n) is 7.94. The van der Waals surface area contributed by atoms with Crippen LogP contribution in [0.3, 0.4) is 0 Å². The van der Waals surface area contributed by atoms with Gasteiger partial charge in [-0.15, -0.1) is 0 Å². The molecule has 1 heteroatoms. The zero-order chi connectivity index (χ0) is 8.81. The highest BCUT2D eigenvalue weighted by Gasteiger charge is 2.05. The van der Waals surface area contributed by atoms with E-state index in [1.54, 1.807) is 0 Å². The van der Waals surface area contributed by atoms with E-state index >= 15 is 0 Å². The van der Waals surface area contributed by atoms with Crippen molar-refractivity contribution in [3.8, 4) is 0 Å². The highest BCUT2D eigenvalue weighted by molar-refractivity contribution is 5.89. The Bertz CT molecular complexity index is 169. The van der Waals surface area contributed by atoms with Gasteiger partial charge in [-0.25, -0.2) is 0 Å². The van der Waals surface area contributed by atoms with Gasteiger partial charge in [0.2, 0.25) is 0 Å². The van der Waals surface area contributed by atoms with Gasteiger partial charge in [-0.3, -0.25) is 4.79 Å². The van der Waals surface area contributed by atoms with E-state index in [1.165, 1.54) is 31.3 Å². The maximum Gasteiger partial charge on any atom is 0.155 e. The molecule has 0 aromatic rings. The van der Waals surface area contributed by atoms with Crippen molar-refractivity contribution in [1.29, 1.82) is 0 Å². The summed E-state index contributed by atoms with van der Waals surface area (Å²) >= 11 is 0. The summed E-state index contributed by atoms with van der Waals surface area (Å²) in [4.78, 5) is 11.1. The van der Waals surface area contributed by atoms with Gasteiger partial charge in [-0.05, 0) is 31.8 Å². The largest absolute Gasteiger partial charge is 0.295 e. The summed E-state index contributed by atoms with van der Waals surface area (Å²) in [5, 5.41) is 0. The van der Waals surface area contributed by atoms with Gasteiger partial charge in [-0.2, -0.15) is 0 Å². The third kappa shape index (κ3) is 3.21. The molecule has 0 aromatic carbocycles. The quantitative estimate of drug-likeness (QED) is 0.454. The Hall–Kier alpha value is -0.590. The first-order valence-electron chi connectivity index (χ1n) is 5.05. The van der Waals surface area contributed by atoms with E-state index in [0.29, 0.717) is 12.2 Å². The highest BCUT2D eigenvalue weighted by atomic mass is 16.1. The molecule has 0 spiro atoms. The first kappa shape index (κ1) is 9.50. The van der Waals surface area contributed by atoms with Crippen LogP contribution in [-0.4, -0.2) is 5.78 Å². The predicted molar refractivity (Wildman–Crippen MR) is 51.1 cm³/mol. The van der Waals surface area contributed by atoms with Crippen molar-refractivity contribution in [3.05, 3.63) is 11.6 Å². The lowest BCUT2D eigenvalue weighted by atomic mass is 10.1. The van der Waals surface area contributed by atoms with Crippen molar-refractivity contribution in [2.45, 2.75) is 51.9 Å². The minimum absolute atomic E-state index is 0.298. The van der Waals surface area contributed by atoms with E-state index < -0.39 is 0 Å².